The fourth-order valence-electron chi connectivity index (χ4n) is 1.62. The van der Waals surface area contributed by atoms with E-state index < -0.39 is 0 Å². The minimum absolute atomic E-state index is 0.00806. The summed E-state index contributed by atoms with van der Waals surface area (Å²) in [7, 11) is 0. The maximum absolute atomic E-state index is 11.8. The van der Waals surface area contributed by atoms with E-state index in [0.717, 1.165) is 12.0 Å². The molecule has 4 nitrogen and oxygen atoms in total. The van der Waals surface area contributed by atoms with Gasteiger partial charge < -0.3 is 15.2 Å². The standard InChI is InChI=1S/C15H23NO3/c1-4-15(2,3)16-14(18)11-19-13-8-6-5-7-12(13)9-10-17/h5-8,17H,4,9-11H2,1-3H3,(H,16,18). The normalized spacial score (nSPS) is 11.2. The molecule has 1 aromatic carbocycles. The Balaban J connectivity index is 2.55. The van der Waals surface area contributed by atoms with Crippen LogP contribution < -0.4 is 10.1 Å². The van der Waals surface area contributed by atoms with Crippen LogP contribution in [0.3, 0.4) is 0 Å². The topological polar surface area (TPSA) is 58.6 Å². The number of ether oxygens (including phenoxy) is 1. The summed E-state index contributed by atoms with van der Waals surface area (Å²) in [5, 5.41) is 11.9. The lowest BCUT2D eigenvalue weighted by Crippen LogP contribution is -2.44. The van der Waals surface area contributed by atoms with Gasteiger partial charge in [-0.2, -0.15) is 0 Å². The van der Waals surface area contributed by atoms with E-state index in [1.807, 2.05) is 45.0 Å². The second-order valence-electron chi connectivity index (χ2n) is 5.16. The molecule has 0 aliphatic carbocycles. The average Bonchev–Trinajstić information content (AvgIpc) is 2.38. The number of para-hydroxylation sites is 1. The number of aliphatic hydroxyl groups is 1. The first kappa shape index (κ1) is 15.5. The minimum Gasteiger partial charge on any atom is -0.483 e. The van der Waals surface area contributed by atoms with Gasteiger partial charge in [-0.25, -0.2) is 0 Å². The van der Waals surface area contributed by atoms with Gasteiger partial charge in [-0.3, -0.25) is 4.79 Å². The van der Waals surface area contributed by atoms with Gasteiger partial charge in [0, 0.05) is 12.1 Å². The van der Waals surface area contributed by atoms with Crippen molar-refractivity contribution in [2.24, 2.45) is 0 Å². The predicted octanol–water partition coefficient (Wildman–Crippen LogP) is 1.90. The predicted molar refractivity (Wildman–Crippen MR) is 75.2 cm³/mol. The number of benzene rings is 1. The zero-order valence-corrected chi connectivity index (χ0v) is 11.9. The van der Waals surface area contributed by atoms with Crippen LogP contribution in [0.15, 0.2) is 24.3 Å². The van der Waals surface area contributed by atoms with Crippen molar-refractivity contribution in [2.45, 2.75) is 39.2 Å². The zero-order chi connectivity index (χ0) is 14.3. The summed E-state index contributed by atoms with van der Waals surface area (Å²) in [6, 6.07) is 7.44. The van der Waals surface area contributed by atoms with Crippen LogP contribution in [0, 0.1) is 0 Å². The van der Waals surface area contributed by atoms with Crippen LogP contribution in [0.2, 0.25) is 0 Å². The van der Waals surface area contributed by atoms with Crippen LogP contribution in [0.4, 0.5) is 0 Å². The molecule has 0 saturated carbocycles. The molecule has 0 unspecified atom stereocenters. The molecule has 0 spiro atoms. The lowest BCUT2D eigenvalue weighted by atomic mass is 10.0. The SMILES string of the molecule is CCC(C)(C)NC(=O)COc1ccccc1CCO. The van der Waals surface area contributed by atoms with Crippen molar-refractivity contribution >= 4 is 5.91 Å². The van der Waals surface area contributed by atoms with Crippen molar-refractivity contribution in [3.05, 3.63) is 29.8 Å². The molecule has 2 N–H and O–H groups in total. The molecule has 4 heteroatoms. The van der Waals surface area contributed by atoms with E-state index in [-0.39, 0.29) is 24.7 Å². The van der Waals surface area contributed by atoms with E-state index in [1.165, 1.54) is 0 Å². The van der Waals surface area contributed by atoms with Crippen molar-refractivity contribution < 1.29 is 14.6 Å². The van der Waals surface area contributed by atoms with E-state index in [4.69, 9.17) is 9.84 Å². The van der Waals surface area contributed by atoms with Gasteiger partial charge in [0.1, 0.15) is 5.75 Å². The molecular formula is C15H23NO3. The van der Waals surface area contributed by atoms with Gasteiger partial charge in [-0.1, -0.05) is 25.1 Å². The fraction of sp³-hybridized carbons (Fsp3) is 0.533. The quantitative estimate of drug-likeness (QED) is 0.791. The van der Waals surface area contributed by atoms with Gasteiger partial charge >= 0.3 is 0 Å². The van der Waals surface area contributed by atoms with Crippen molar-refractivity contribution in [3.63, 3.8) is 0 Å². The van der Waals surface area contributed by atoms with E-state index >= 15 is 0 Å². The third kappa shape index (κ3) is 5.30. The van der Waals surface area contributed by atoms with E-state index in [9.17, 15) is 4.79 Å². The van der Waals surface area contributed by atoms with Crippen molar-refractivity contribution in [2.75, 3.05) is 13.2 Å². The molecule has 0 aliphatic rings. The number of nitrogens with one attached hydrogen (secondary N) is 1. The van der Waals surface area contributed by atoms with Crippen LogP contribution >= 0.6 is 0 Å². The van der Waals surface area contributed by atoms with Crippen molar-refractivity contribution in [3.8, 4) is 5.75 Å². The summed E-state index contributed by atoms with van der Waals surface area (Å²) in [4.78, 5) is 11.8. The summed E-state index contributed by atoms with van der Waals surface area (Å²) in [5.41, 5.74) is 0.693. The number of amides is 1. The molecule has 1 amide bonds. The summed E-state index contributed by atoms with van der Waals surface area (Å²) in [6.07, 6.45) is 1.39. The van der Waals surface area contributed by atoms with E-state index in [1.54, 1.807) is 0 Å². The maximum atomic E-state index is 11.8. The molecule has 0 radical (unpaired) electrons. The molecule has 106 valence electrons. The van der Waals surface area contributed by atoms with Crippen molar-refractivity contribution in [1.82, 2.24) is 5.32 Å². The minimum atomic E-state index is -0.217. The lowest BCUT2D eigenvalue weighted by Gasteiger charge is -2.24. The van der Waals surface area contributed by atoms with Gasteiger partial charge in [0.15, 0.2) is 6.61 Å². The number of carbonyl (C=O) groups is 1. The Morgan fingerprint density at radius 3 is 2.68 bits per heavy atom. The molecule has 0 fully saturated rings. The van der Waals surface area contributed by atoms with Crippen molar-refractivity contribution in [1.29, 1.82) is 0 Å². The third-order valence-corrected chi connectivity index (χ3v) is 3.07. The number of aliphatic hydroxyl groups excluding tert-OH is 1. The maximum Gasteiger partial charge on any atom is 0.258 e. The first-order valence-corrected chi connectivity index (χ1v) is 6.61. The Morgan fingerprint density at radius 2 is 2.05 bits per heavy atom. The number of carbonyl (C=O) groups excluding carboxylic acids is 1. The fourth-order valence-corrected chi connectivity index (χ4v) is 1.62. The van der Waals surface area contributed by atoms with Crippen LogP contribution in [-0.2, 0) is 11.2 Å². The van der Waals surface area contributed by atoms with Gasteiger partial charge in [-0.05, 0) is 38.3 Å². The second kappa shape index (κ2) is 7.14. The highest BCUT2D eigenvalue weighted by Crippen LogP contribution is 2.18. The third-order valence-electron chi connectivity index (χ3n) is 3.07. The molecule has 19 heavy (non-hydrogen) atoms. The number of rotatable bonds is 7. The van der Waals surface area contributed by atoms with Crippen LogP contribution in [0.5, 0.6) is 5.75 Å². The molecule has 0 saturated heterocycles. The summed E-state index contributed by atoms with van der Waals surface area (Å²) >= 11 is 0. The summed E-state index contributed by atoms with van der Waals surface area (Å²) < 4.78 is 5.52. The molecule has 0 heterocycles. The van der Waals surface area contributed by atoms with Crippen LogP contribution in [0.1, 0.15) is 32.8 Å². The molecule has 1 aromatic rings. The monoisotopic (exact) mass is 265 g/mol. The molecular weight excluding hydrogens is 242 g/mol. The average molecular weight is 265 g/mol. The highest BCUT2D eigenvalue weighted by Gasteiger charge is 2.18. The van der Waals surface area contributed by atoms with Gasteiger partial charge in [0.2, 0.25) is 0 Å². The highest BCUT2D eigenvalue weighted by atomic mass is 16.5. The Bertz CT molecular complexity index is 416. The first-order chi connectivity index (χ1) is 8.98. The molecule has 0 bridgehead atoms. The molecule has 0 aromatic heterocycles. The molecule has 0 atom stereocenters. The highest BCUT2D eigenvalue weighted by molar-refractivity contribution is 5.78. The molecule has 1 rings (SSSR count). The Hall–Kier alpha value is -1.55. The van der Waals surface area contributed by atoms with Crippen LogP contribution in [0.25, 0.3) is 0 Å². The van der Waals surface area contributed by atoms with E-state index in [2.05, 4.69) is 5.32 Å². The largest absolute Gasteiger partial charge is 0.483 e. The molecule has 0 aliphatic heterocycles. The Kier molecular flexibility index (Phi) is 5.83. The van der Waals surface area contributed by atoms with E-state index in [0.29, 0.717) is 12.2 Å². The van der Waals surface area contributed by atoms with Crippen LogP contribution in [-0.4, -0.2) is 29.8 Å². The zero-order valence-electron chi connectivity index (χ0n) is 11.9. The number of hydrogen-bond acceptors (Lipinski definition) is 3. The van der Waals surface area contributed by atoms with Gasteiger partial charge in [0.25, 0.3) is 5.91 Å². The summed E-state index contributed by atoms with van der Waals surface area (Å²) in [5.74, 6) is 0.520. The van der Waals surface area contributed by atoms with Gasteiger partial charge in [-0.15, -0.1) is 0 Å². The van der Waals surface area contributed by atoms with Gasteiger partial charge in [0.05, 0.1) is 0 Å². The second-order valence-corrected chi connectivity index (χ2v) is 5.16. The first-order valence-electron chi connectivity index (χ1n) is 6.61. The Labute approximate surface area is 114 Å². The smallest absolute Gasteiger partial charge is 0.258 e. The summed E-state index contributed by atoms with van der Waals surface area (Å²) in [6.45, 7) is 6.04. The lowest BCUT2D eigenvalue weighted by molar-refractivity contribution is -0.124. The number of hydrogen-bond donors (Lipinski definition) is 2. The Morgan fingerprint density at radius 1 is 1.37 bits per heavy atom.